The molecule has 6 heteroatoms. The molecule has 0 aliphatic rings. The minimum atomic E-state index is -0.343. The lowest BCUT2D eigenvalue weighted by molar-refractivity contribution is 0.0950. The van der Waals surface area contributed by atoms with Crippen molar-refractivity contribution in [1.82, 2.24) is 10.5 Å². The largest absolute Gasteiger partial charge is 0.489 e. The third-order valence-electron chi connectivity index (χ3n) is 4.06. The maximum Gasteiger partial charge on any atom is 0.251 e. The van der Waals surface area contributed by atoms with Crippen molar-refractivity contribution in [1.29, 1.82) is 0 Å². The van der Waals surface area contributed by atoms with E-state index in [4.69, 9.17) is 9.26 Å². The van der Waals surface area contributed by atoms with Gasteiger partial charge in [0, 0.05) is 17.7 Å². The molecule has 0 aliphatic heterocycles. The van der Waals surface area contributed by atoms with Crippen LogP contribution in [0.3, 0.4) is 0 Å². The number of aromatic nitrogens is 1. The molecule has 2 aromatic carbocycles. The summed E-state index contributed by atoms with van der Waals surface area (Å²) in [5.74, 6) is 0.630. The Bertz CT molecular complexity index is 901. The second kappa shape index (κ2) is 7.82. The Morgan fingerprint density at radius 1 is 1.19 bits per heavy atom. The summed E-state index contributed by atoms with van der Waals surface area (Å²) < 4.78 is 24.5. The van der Waals surface area contributed by atoms with Crippen molar-refractivity contribution in [2.75, 3.05) is 0 Å². The van der Waals surface area contributed by atoms with E-state index in [0.717, 1.165) is 11.3 Å². The molecule has 0 atom stereocenters. The van der Waals surface area contributed by atoms with E-state index in [-0.39, 0.29) is 18.3 Å². The van der Waals surface area contributed by atoms with Crippen molar-refractivity contribution in [2.45, 2.75) is 27.0 Å². The summed E-state index contributed by atoms with van der Waals surface area (Å²) >= 11 is 0. The number of amides is 1. The SMILES string of the molecule is Cc1noc(C)c1COc1cccc(C(=O)NCc2ccccc2F)c1. The molecular formula is C20H19FN2O3. The summed E-state index contributed by atoms with van der Waals surface area (Å²) in [5, 5.41) is 6.60. The standard InChI is InChI=1S/C20H19FN2O3/c1-13-18(14(2)26-23-13)12-25-17-8-5-7-15(10-17)20(24)22-11-16-6-3-4-9-19(16)21/h3-10H,11-12H2,1-2H3,(H,22,24). The van der Waals surface area contributed by atoms with Crippen LogP contribution in [0.5, 0.6) is 5.75 Å². The normalized spacial score (nSPS) is 10.6. The molecule has 1 amide bonds. The Balaban J connectivity index is 1.63. The first-order valence-corrected chi connectivity index (χ1v) is 8.21. The van der Waals surface area contributed by atoms with Crippen LogP contribution in [0.2, 0.25) is 0 Å². The van der Waals surface area contributed by atoms with Crippen molar-refractivity contribution >= 4 is 5.91 Å². The highest BCUT2D eigenvalue weighted by Gasteiger charge is 2.11. The average molecular weight is 354 g/mol. The smallest absolute Gasteiger partial charge is 0.251 e. The van der Waals surface area contributed by atoms with Gasteiger partial charge in [-0.15, -0.1) is 0 Å². The summed E-state index contributed by atoms with van der Waals surface area (Å²) in [4.78, 5) is 12.3. The van der Waals surface area contributed by atoms with Crippen LogP contribution in [0.15, 0.2) is 53.1 Å². The van der Waals surface area contributed by atoms with Crippen LogP contribution in [-0.4, -0.2) is 11.1 Å². The summed E-state index contributed by atoms with van der Waals surface area (Å²) in [6, 6.07) is 13.2. The minimum Gasteiger partial charge on any atom is -0.489 e. The third kappa shape index (κ3) is 4.08. The van der Waals surface area contributed by atoms with Crippen molar-refractivity contribution in [3.63, 3.8) is 0 Å². The maximum atomic E-state index is 13.6. The summed E-state index contributed by atoms with van der Waals surface area (Å²) in [5.41, 5.74) is 2.55. The summed E-state index contributed by atoms with van der Waals surface area (Å²) in [6.45, 7) is 4.10. The molecule has 3 rings (SSSR count). The monoisotopic (exact) mass is 354 g/mol. The number of hydrogen-bond donors (Lipinski definition) is 1. The first-order chi connectivity index (χ1) is 12.5. The highest BCUT2D eigenvalue weighted by molar-refractivity contribution is 5.94. The zero-order chi connectivity index (χ0) is 18.5. The van der Waals surface area contributed by atoms with Gasteiger partial charge in [-0.3, -0.25) is 4.79 Å². The fourth-order valence-electron chi connectivity index (χ4n) is 2.51. The molecule has 1 N–H and O–H groups in total. The van der Waals surface area contributed by atoms with Crippen molar-refractivity contribution < 1.29 is 18.4 Å². The predicted octanol–water partition coefficient (Wildman–Crippen LogP) is 3.94. The van der Waals surface area contributed by atoms with Gasteiger partial charge < -0.3 is 14.6 Å². The third-order valence-corrected chi connectivity index (χ3v) is 4.06. The first kappa shape index (κ1) is 17.7. The molecule has 5 nitrogen and oxygen atoms in total. The molecule has 26 heavy (non-hydrogen) atoms. The van der Waals surface area contributed by atoms with Gasteiger partial charge in [-0.2, -0.15) is 0 Å². The molecule has 0 saturated heterocycles. The Kier molecular flexibility index (Phi) is 5.31. The zero-order valence-corrected chi connectivity index (χ0v) is 14.6. The molecule has 3 aromatic rings. The summed E-state index contributed by atoms with van der Waals surface area (Å²) in [7, 11) is 0. The summed E-state index contributed by atoms with van der Waals surface area (Å²) in [6.07, 6.45) is 0. The second-order valence-electron chi connectivity index (χ2n) is 5.89. The van der Waals surface area contributed by atoms with E-state index in [2.05, 4.69) is 10.5 Å². The molecule has 0 radical (unpaired) electrons. The van der Waals surface area contributed by atoms with Crippen molar-refractivity contribution in [2.24, 2.45) is 0 Å². The first-order valence-electron chi connectivity index (χ1n) is 8.21. The van der Waals surface area contributed by atoms with Crippen molar-refractivity contribution in [3.05, 3.63) is 82.5 Å². The lowest BCUT2D eigenvalue weighted by Gasteiger charge is -2.09. The number of rotatable bonds is 6. The number of carbonyl (C=O) groups excluding carboxylic acids is 1. The molecule has 0 fully saturated rings. The van der Waals surface area contributed by atoms with E-state index >= 15 is 0 Å². The minimum absolute atomic E-state index is 0.121. The number of nitrogens with one attached hydrogen (secondary N) is 1. The molecule has 0 saturated carbocycles. The topological polar surface area (TPSA) is 64.4 Å². The Morgan fingerprint density at radius 3 is 2.73 bits per heavy atom. The van der Waals surface area contributed by atoms with Gasteiger partial charge in [0.1, 0.15) is 23.9 Å². The molecule has 1 heterocycles. The van der Waals surface area contributed by atoms with Crippen LogP contribution >= 0.6 is 0 Å². The molecule has 0 bridgehead atoms. The predicted molar refractivity (Wildman–Crippen MR) is 94.3 cm³/mol. The molecule has 0 aliphatic carbocycles. The van der Waals surface area contributed by atoms with Crippen LogP contribution < -0.4 is 10.1 Å². The van der Waals surface area contributed by atoms with E-state index in [0.29, 0.717) is 29.2 Å². The van der Waals surface area contributed by atoms with Gasteiger partial charge in [-0.1, -0.05) is 29.4 Å². The van der Waals surface area contributed by atoms with Crippen molar-refractivity contribution in [3.8, 4) is 5.75 Å². The number of benzene rings is 2. The number of ether oxygens (including phenoxy) is 1. The van der Waals surface area contributed by atoms with E-state index in [9.17, 15) is 9.18 Å². The number of carbonyl (C=O) groups is 1. The molecular weight excluding hydrogens is 335 g/mol. The Hall–Kier alpha value is -3.15. The fraction of sp³-hybridized carbons (Fsp3) is 0.200. The molecule has 0 spiro atoms. The lowest BCUT2D eigenvalue weighted by atomic mass is 10.1. The van der Waals surface area contributed by atoms with Crippen LogP contribution in [-0.2, 0) is 13.2 Å². The van der Waals surface area contributed by atoms with Crippen LogP contribution in [0, 0.1) is 19.7 Å². The number of hydrogen-bond acceptors (Lipinski definition) is 4. The quantitative estimate of drug-likeness (QED) is 0.728. The van der Waals surface area contributed by atoms with Gasteiger partial charge in [0.15, 0.2) is 0 Å². The highest BCUT2D eigenvalue weighted by atomic mass is 19.1. The van der Waals surface area contributed by atoms with Gasteiger partial charge in [-0.25, -0.2) is 4.39 Å². The number of aryl methyl sites for hydroxylation is 2. The number of halogens is 1. The highest BCUT2D eigenvalue weighted by Crippen LogP contribution is 2.18. The Labute approximate surface area is 150 Å². The van der Waals surface area contributed by atoms with E-state index in [1.165, 1.54) is 6.07 Å². The maximum absolute atomic E-state index is 13.6. The van der Waals surface area contributed by atoms with Gasteiger partial charge >= 0.3 is 0 Å². The molecule has 134 valence electrons. The number of nitrogens with zero attached hydrogens (tertiary/aromatic N) is 1. The van der Waals surface area contributed by atoms with Crippen LogP contribution in [0.25, 0.3) is 0 Å². The lowest BCUT2D eigenvalue weighted by Crippen LogP contribution is -2.23. The Morgan fingerprint density at radius 2 is 2.00 bits per heavy atom. The second-order valence-corrected chi connectivity index (χ2v) is 5.89. The van der Waals surface area contributed by atoms with E-state index < -0.39 is 0 Å². The molecule has 0 unspecified atom stereocenters. The molecule has 1 aromatic heterocycles. The van der Waals surface area contributed by atoms with Gasteiger partial charge in [0.25, 0.3) is 5.91 Å². The van der Waals surface area contributed by atoms with E-state index in [1.807, 2.05) is 13.8 Å². The fourth-order valence-corrected chi connectivity index (χ4v) is 2.51. The zero-order valence-electron chi connectivity index (χ0n) is 14.6. The average Bonchev–Trinajstić information content (AvgIpc) is 2.97. The van der Waals surface area contributed by atoms with Crippen LogP contribution in [0.4, 0.5) is 4.39 Å². The van der Waals surface area contributed by atoms with E-state index in [1.54, 1.807) is 42.5 Å². The van der Waals surface area contributed by atoms with Gasteiger partial charge in [-0.05, 0) is 38.1 Å². The van der Waals surface area contributed by atoms with Gasteiger partial charge in [0.05, 0.1) is 11.3 Å². The van der Waals surface area contributed by atoms with Gasteiger partial charge in [0.2, 0.25) is 0 Å². The van der Waals surface area contributed by atoms with Crippen LogP contribution in [0.1, 0.15) is 32.9 Å².